The third-order valence-corrected chi connectivity index (χ3v) is 5.10. The van der Waals surface area contributed by atoms with Gasteiger partial charge >= 0.3 is 11.9 Å². The zero-order chi connectivity index (χ0) is 17.9. The molecule has 140 valence electrons. The highest BCUT2D eigenvalue weighted by molar-refractivity contribution is 5.81. The van der Waals surface area contributed by atoms with E-state index in [1.54, 1.807) is 0 Å². The topological polar surface area (TPSA) is 63.6 Å². The van der Waals surface area contributed by atoms with Crippen molar-refractivity contribution in [2.75, 3.05) is 0 Å². The number of hydrogen-bond acceptors (Lipinski definition) is 3. The lowest BCUT2D eigenvalue weighted by molar-refractivity contribution is -0.163. The van der Waals surface area contributed by atoms with Crippen LogP contribution in [0.25, 0.3) is 0 Å². The normalized spacial score (nSPS) is 22.3. The molecule has 24 heavy (non-hydrogen) atoms. The summed E-state index contributed by atoms with van der Waals surface area (Å²) in [4.78, 5) is 23.6. The summed E-state index contributed by atoms with van der Waals surface area (Å²) < 4.78 is 5.53. The fraction of sp³-hybridized carbons (Fsp3) is 0.900. The van der Waals surface area contributed by atoms with E-state index in [-0.39, 0.29) is 12.1 Å². The molecule has 0 heterocycles. The molecule has 4 nitrogen and oxygen atoms in total. The van der Waals surface area contributed by atoms with Crippen LogP contribution in [0.5, 0.6) is 0 Å². The molecular formula is C20H36O4. The molecule has 0 radical (unpaired) electrons. The monoisotopic (exact) mass is 340 g/mol. The maximum absolute atomic E-state index is 12.3. The molecule has 0 aliphatic heterocycles. The number of carbonyl (C=O) groups excluding carboxylic acids is 1. The lowest BCUT2D eigenvalue weighted by atomic mass is 9.79. The average Bonchev–Trinajstić information content (AvgIpc) is 2.53. The van der Waals surface area contributed by atoms with Gasteiger partial charge in [0.2, 0.25) is 0 Å². The molecule has 3 unspecified atom stereocenters. The van der Waals surface area contributed by atoms with Gasteiger partial charge in [0.25, 0.3) is 0 Å². The number of carbonyl (C=O) groups is 2. The van der Waals surface area contributed by atoms with Crippen LogP contribution in [0.4, 0.5) is 0 Å². The van der Waals surface area contributed by atoms with Gasteiger partial charge in [-0.05, 0) is 38.5 Å². The minimum Gasteiger partial charge on any atom is -0.481 e. The predicted octanol–water partition coefficient (Wildman–Crippen LogP) is 5.20. The first-order valence-corrected chi connectivity index (χ1v) is 9.85. The average molecular weight is 341 g/mol. The highest BCUT2D eigenvalue weighted by atomic mass is 16.5. The number of unbranched alkanes of at least 4 members (excludes halogenated alkanes) is 4. The Bertz CT molecular complexity index is 378. The van der Waals surface area contributed by atoms with Crippen LogP contribution < -0.4 is 0 Å². The Morgan fingerprint density at radius 1 is 0.917 bits per heavy atom. The first-order valence-electron chi connectivity index (χ1n) is 9.85. The van der Waals surface area contributed by atoms with E-state index >= 15 is 0 Å². The Morgan fingerprint density at radius 3 is 2.04 bits per heavy atom. The van der Waals surface area contributed by atoms with Gasteiger partial charge in [0.05, 0.1) is 17.9 Å². The Balaban J connectivity index is 2.18. The van der Waals surface area contributed by atoms with Crippen molar-refractivity contribution < 1.29 is 19.4 Å². The lowest BCUT2D eigenvalue weighted by Crippen LogP contribution is -2.35. The Hall–Kier alpha value is -1.06. The van der Waals surface area contributed by atoms with E-state index < -0.39 is 17.8 Å². The van der Waals surface area contributed by atoms with Gasteiger partial charge in [-0.2, -0.15) is 0 Å². The van der Waals surface area contributed by atoms with Crippen LogP contribution in [0.15, 0.2) is 0 Å². The van der Waals surface area contributed by atoms with Crippen molar-refractivity contribution in [2.24, 2.45) is 17.8 Å². The van der Waals surface area contributed by atoms with Gasteiger partial charge in [0.1, 0.15) is 0 Å². The second kappa shape index (κ2) is 11.5. The molecule has 0 aromatic rings. The standard InChI is InChI=1S/C20H36O4/c1-15(2)11-7-5-4-6-8-12-16(3)24-20(23)18-14-10-9-13-17(18)19(21)22/h15-18H,4-14H2,1-3H3,(H,21,22). The van der Waals surface area contributed by atoms with E-state index in [1.165, 1.54) is 32.1 Å². The molecule has 1 rings (SSSR count). The summed E-state index contributed by atoms with van der Waals surface area (Å²) in [6.07, 6.45) is 11.2. The molecule has 0 amide bonds. The van der Waals surface area contributed by atoms with Crippen molar-refractivity contribution in [3.63, 3.8) is 0 Å². The van der Waals surface area contributed by atoms with E-state index in [0.29, 0.717) is 12.8 Å². The van der Waals surface area contributed by atoms with Gasteiger partial charge < -0.3 is 9.84 Å². The Morgan fingerprint density at radius 2 is 1.46 bits per heavy atom. The number of carboxylic acids is 1. The molecule has 1 saturated carbocycles. The van der Waals surface area contributed by atoms with Crippen molar-refractivity contribution in [3.05, 3.63) is 0 Å². The number of ether oxygens (including phenoxy) is 1. The van der Waals surface area contributed by atoms with Crippen molar-refractivity contribution in [1.29, 1.82) is 0 Å². The fourth-order valence-corrected chi connectivity index (χ4v) is 3.57. The van der Waals surface area contributed by atoms with Gasteiger partial charge in [-0.3, -0.25) is 9.59 Å². The Labute approximate surface area is 147 Å². The summed E-state index contributed by atoms with van der Waals surface area (Å²) in [5.41, 5.74) is 0. The number of aliphatic carboxylic acids is 1. The SMILES string of the molecule is CC(C)CCCCCCCC(C)OC(=O)C1CCCCC1C(=O)O. The molecule has 1 aliphatic carbocycles. The number of carboxylic acid groups (broad SMARTS) is 1. The maximum atomic E-state index is 12.3. The van der Waals surface area contributed by atoms with E-state index in [9.17, 15) is 14.7 Å². The molecule has 3 atom stereocenters. The van der Waals surface area contributed by atoms with Crippen molar-refractivity contribution >= 4 is 11.9 Å². The zero-order valence-electron chi connectivity index (χ0n) is 15.8. The van der Waals surface area contributed by atoms with Crippen LogP contribution in [0.2, 0.25) is 0 Å². The summed E-state index contributed by atoms with van der Waals surface area (Å²) in [6, 6.07) is 0. The van der Waals surface area contributed by atoms with Crippen LogP contribution in [0.3, 0.4) is 0 Å². The maximum Gasteiger partial charge on any atom is 0.310 e. The minimum atomic E-state index is -0.856. The summed E-state index contributed by atoms with van der Waals surface area (Å²) in [7, 11) is 0. The zero-order valence-corrected chi connectivity index (χ0v) is 15.8. The molecule has 1 N–H and O–H groups in total. The second-order valence-corrected chi connectivity index (χ2v) is 7.82. The van der Waals surface area contributed by atoms with Crippen LogP contribution >= 0.6 is 0 Å². The minimum absolute atomic E-state index is 0.107. The van der Waals surface area contributed by atoms with Crippen molar-refractivity contribution in [3.8, 4) is 0 Å². The summed E-state index contributed by atoms with van der Waals surface area (Å²) in [6.45, 7) is 6.45. The van der Waals surface area contributed by atoms with Gasteiger partial charge in [-0.15, -0.1) is 0 Å². The molecule has 0 spiro atoms. The molecular weight excluding hydrogens is 304 g/mol. The smallest absolute Gasteiger partial charge is 0.310 e. The number of rotatable bonds is 11. The van der Waals surface area contributed by atoms with Gasteiger partial charge in [0.15, 0.2) is 0 Å². The largest absolute Gasteiger partial charge is 0.481 e. The van der Waals surface area contributed by atoms with Crippen LogP contribution in [-0.2, 0) is 14.3 Å². The van der Waals surface area contributed by atoms with E-state index in [0.717, 1.165) is 31.6 Å². The lowest BCUT2D eigenvalue weighted by Gasteiger charge is -2.28. The molecule has 0 bridgehead atoms. The van der Waals surface area contributed by atoms with Crippen LogP contribution in [0.1, 0.15) is 91.4 Å². The number of esters is 1. The van der Waals surface area contributed by atoms with Crippen LogP contribution in [-0.4, -0.2) is 23.1 Å². The summed E-state index contributed by atoms with van der Waals surface area (Å²) in [5, 5.41) is 9.26. The highest BCUT2D eigenvalue weighted by Crippen LogP contribution is 2.31. The first kappa shape index (κ1) is 21.0. The molecule has 0 aromatic heterocycles. The fourth-order valence-electron chi connectivity index (χ4n) is 3.57. The third kappa shape index (κ3) is 8.16. The van der Waals surface area contributed by atoms with E-state index in [4.69, 9.17) is 4.74 Å². The van der Waals surface area contributed by atoms with Crippen molar-refractivity contribution in [2.45, 2.75) is 97.5 Å². The highest BCUT2D eigenvalue weighted by Gasteiger charge is 2.37. The molecule has 1 aliphatic rings. The Kier molecular flexibility index (Phi) is 10.0. The summed E-state index contributed by atoms with van der Waals surface area (Å²) >= 11 is 0. The summed E-state index contributed by atoms with van der Waals surface area (Å²) in [5.74, 6) is -1.37. The van der Waals surface area contributed by atoms with Gasteiger partial charge in [-0.25, -0.2) is 0 Å². The molecule has 0 aromatic carbocycles. The first-order chi connectivity index (χ1) is 11.4. The van der Waals surface area contributed by atoms with Crippen molar-refractivity contribution in [1.82, 2.24) is 0 Å². The molecule has 0 saturated heterocycles. The van der Waals surface area contributed by atoms with Gasteiger partial charge in [-0.1, -0.05) is 58.8 Å². The second-order valence-electron chi connectivity index (χ2n) is 7.82. The molecule has 1 fully saturated rings. The van der Waals surface area contributed by atoms with E-state index in [1.807, 2.05) is 6.92 Å². The quantitative estimate of drug-likeness (QED) is 0.415. The van der Waals surface area contributed by atoms with Crippen LogP contribution in [0, 0.1) is 17.8 Å². The molecule has 4 heteroatoms. The third-order valence-electron chi connectivity index (χ3n) is 5.10. The van der Waals surface area contributed by atoms with Gasteiger partial charge in [0, 0.05) is 0 Å². The van der Waals surface area contributed by atoms with E-state index in [2.05, 4.69) is 13.8 Å². The predicted molar refractivity (Wildman–Crippen MR) is 95.8 cm³/mol. The number of hydrogen-bond donors (Lipinski definition) is 1.